The summed E-state index contributed by atoms with van der Waals surface area (Å²) in [6.07, 6.45) is 5.42. The Hall–Kier alpha value is -1.58. The summed E-state index contributed by atoms with van der Waals surface area (Å²) in [5, 5.41) is 3.33. The molecule has 0 spiro atoms. The van der Waals surface area contributed by atoms with Gasteiger partial charge in [-0.1, -0.05) is 31.2 Å². The average molecular weight is 285 g/mol. The van der Waals surface area contributed by atoms with Crippen LogP contribution in [0.25, 0.3) is 0 Å². The number of hydrogen-bond acceptors (Lipinski definition) is 3. The molecule has 3 heteroatoms. The van der Waals surface area contributed by atoms with Gasteiger partial charge in [0.05, 0.1) is 12.4 Å². The van der Waals surface area contributed by atoms with E-state index >= 15 is 0 Å². The van der Waals surface area contributed by atoms with Gasteiger partial charge in [0.1, 0.15) is 12.4 Å². The molecule has 1 atom stereocenters. The molecule has 0 bridgehead atoms. The predicted molar refractivity (Wildman–Crippen MR) is 83.0 cm³/mol. The normalized spacial score (nSPS) is 17.7. The summed E-state index contributed by atoms with van der Waals surface area (Å²) in [7, 11) is 0. The monoisotopic (exact) mass is 285 g/mol. The van der Waals surface area contributed by atoms with Crippen molar-refractivity contribution in [1.29, 1.82) is 0 Å². The second-order valence-electron chi connectivity index (χ2n) is 5.54. The Morgan fingerprint density at radius 3 is 3.10 bits per heavy atom. The van der Waals surface area contributed by atoms with Crippen LogP contribution in [-0.4, -0.2) is 6.54 Å². The lowest BCUT2D eigenvalue weighted by atomic mass is 9.89. The van der Waals surface area contributed by atoms with E-state index in [4.69, 9.17) is 9.15 Å². The topological polar surface area (TPSA) is 34.4 Å². The van der Waals surface area contributed by atoms with Crippen LogP contribution in [-0.2, 0) is 24.3 Å². The van der Waals surface area contributed by atoms with Crippen molar-refractivity contribution in [1.82, 2.24) is 5.32 Å². The number of ether oxygens (including phenoxy) is 1. The number of nitrogens with one attached hydrogen (secondary N) is 1. The van der Waals surface area contributed by atoms with Crippen LogP contribution in [0.1, 0.15) is 48.3 Å². The van der Waals surface area contributed by atoms with Gasteiger partial charge in [0.15, 0.2) is 0 Å². The van der Waals surface area contributed by atoms with Crippen molar-refractivity contribution in [2.24, 2.45) is 0 Å². The molecule has 3 rings (SSSR count). The summed E-state index contributed by atoms with van der Waals surface area (Å²) in [4.78, 5) is 0. The van der Waals surface area contributed by atoms with Crippen LogP contribution >= 0.6 is 0 Å². The Bertz CT molecular complexity index is 576. The van der Waals surface area contributed by atoms with E-state index in [1.165, 1.54) is 29.5 Å². The summed E-state index contributed by atoms with van der Waals surface area (Å²) in [5.41, 5.74) is 3.98. The summed E-state index contributed by atoms with van der Waals surface area (Å²) >= 11 is 0. The zero-order valence-corrected chi connectivity index (χ0v) is 12.6. The zero-order valence-electron chi connectivity index (χ0n) is 12.6. The minimum absolute atomic E-state index is 0.201. The molecule has 0 saturated heterocycles. The maximum absolute atomic E-state index is 6.15. The van der Waals surface area contributed by atoms with Crippen LogP contribution in [0.2, 0.25) is 0 Å². The van der Waals surface area contributed by atoms with Crippen LogP contribution in [0.4, 0.5) is 0 Å². The fourth-order valence-electron chi connectivity index (χ4n) is 2.97. The van der Waals surface area contributed by atoms with Crippen molar-refractivity contribution < 1.29 is 9.15 Å². The molecule has 0 radical (unpaired) electrons. The quantitative estimate of drug-likeness (QED) is 0.871. The third-order valence-corrected chi connectivity index (χ3v) is 4.13. The lowest BCUT2D eigenvalue weighted by Gasteiger charge is -2.25. The highest BCUT2D eigenvalue weighted by Gasteiger charge is 2.21. The lowest BCUT2D eigenvalue weighted by molar-refractivity contribution is 0.0187. The smallest absolute Gasteiger partial charge is 0.133 e. The Balaban J connectivity index is 1.65. The SMILES string of the molecule is CCNCc1ccoc1COC1CCCc2ccccc21. The van der Waals surface area contributed by atoms with Gasteiger partial charge in [-0.15, -0.1) is 0 Å². The maximum atomic E-state index is 6.15. The molecule has 1 aliphatic carbocycles. The second-order valence-corrected chi connectivity index (χ2v) is 5.54. The number of aryl methyl sites for hydroxylation is 1. The van der Waals surface area contributed by atoms with Crippen LogP contribution in [0, 0.1) is 0 Å². The Morgan fingerprint density at radius 2 is 2.19 bits per heavy atom. The van der Waals surface area contributed by atoms with Gasteiger partial charge in [-0.3, -0.25) is 0 Å². The summed E-state index contributed by atoms with van der Waals surface area (Å²) in [5.74, 6) is 0.944. The van der Waals surface area contributed by atoms with E-state index in [9.17, 15) is 0 Å². The van der Waals surface area contributed by atoms with Gasteiger partial charge in [-0.25, -0.2) is 0 Å². The van der Waals surface area contributed by atoms with E-state index < -0.39 is 0 Å². The molecule has 1 aromatic heterocycles. The molecule has 0 fully saturated rings. The van der Waals surface area contributed by atoms with Crippen LogP contribution < -0.4 is 5.32 Å². The Kier molecular flexibility index (Phi) is 4.73. The number of rotatable bonds is 6. The molecular formula is C18H23NO2. The average Bonchev–Trinajstić information content (AvgIpc) is 2.98. The molecule has 1 N–H and O–H groups in total. The molecule has 0 amide bonds. The Morgan fingerprint density at radius 1 is 1.29 bits per heavy atom. The van der Waals surface area contributed by atoms with E-state index in [1.54, 1.807) is 6.26 Å². The summed E-state index contributed by atoms with van der Waals surface area (Å²) < 4.78 is 11.7. The second kappa shape index (κ2) is 6.92. The first-order valence-corrected chi connectivity index (χ1v) is 7.84. The number of benzene rings is 1. The minimum Gasteiger partial charge on any atom is -0.467 e. The highest BCUT2D eigenvalue weighted by atomic mass is 16.5. The molecule has 1 unspecified atom stereocenters. The zero-order chi connectivity index (χ0) is 14.5. The summed E-state index contributed by atoms with van der Waals surface area (Å²) in [6.45, 7) is 4.45. The number of furan rings is 1. The van der Waals surface area contributed by atoms with Crippen molar-refractivity contribution in [3.63, 3.8) is 0 Å². The van der Waals surface area contributed by atoms with Gasteiger partial charge < -0.3 is 14.5 Å². The van der Waals surface area contributed by atoms with Gasteiger partial charge in [0.25, 0.3) is 0 Å². The third-order valence-electron chi connectivity index (χ3n) is 4.13. The van der Waals surface area contributed by atoms with Crippen LogP contribution in [0.3, 0.4) is 0 Å². The number of hydrogen-bond donors (Lipinski definition) is 1. The molecule has 112 valence electrons. The maximum Gasteiger partial charge on any atom is 0.133 e. The minimum atomic E-state index is 0.201. The van der Waals surface area contributed by atoms with Gasteiger partial charge in [0, 0.05) is 12.1 Å². The van der Waals surface area contributed by atoms with Crippen LogP contribution in [0.5, 0.6) is 0 Å². The van der Waals surface area contributed by atoms with Gasteiger partial charge in [-0.2, -0.15) is 0 Å². The van der Waals surface area contributed by atoms with E-state index in [0.717, 1.165) is 25.3 Å². The van der Waals surface area contributed by atoms with Crippen molar-refractivity contribution >= 4 is 0 Å². The first-order valence-electron chi connectivity index (χ1n) is 7.84. The molecule has 0 saturated carbocycles. The lowest BCUT2D eigenvalue weighted by Crippen LogP contribution is -2.14. The summed E-state index contributed by atoms with van der Waals surface area (Å²) in [6, 6.07) is 10.7. The standard InChI is InChI=1S/C18H23NO2/c1-2-19-12-15-10-11-20-18(15)13-21-17-9-5-7-14-6-3-4-8-16(14)17/h3-4,6,8,10-11,17,19H,2,5,7,9,12-13H2,1H3. The molecule has 2 aromatic rings. The molecule has 0 aliphatic heterocycles. The van der Waals surface area contributed by atoms with Gasteiger partial charge >= 0.3 is 0 Å². The molecule has 1 aromatic carbocycles. The molecular weight excluding hydrogens is 262 g/mol. The van der Waals surface area contributed by atoms with Crippen molar-refractivity contribution in [3.8, 4) is 0 Å². The molecule has 3 nitrogen and oxygen atoms in total. The third kappa shape index (κ3) is 3.36. The highest BCUT2D eigenvalue weighted by molar-refractivity contribution is 5.31. The molecule has 1 aliphatic rings. The molecule has 21 heavy (non-hydrogen) atoms. The van der Waals surface area contributed by atoms with Crippen LogP contribution in [0.15, 0.2) is 41.0 Å². The largest absolute Gasteiger partial charge is 0.467 e. The van der Waals surface area contributed by atoms with E-state index in [-0.39, 0.29) is 6.10 Å². The fourth-order valence-corrected chi connectivity index (χ4v) is 2.97. The van der Waals surface area contributed by atoms with Gasteiger partial charge in [-0.05, 0) is 43.0 Å². The van der Waals surface area contributed by atoms with Gasteiger partial charge in [0.2, 0.25) is 0 Å². The Labute approximate surface area is 126 Å². The van der Waals surface area contributed by atoms with Crippen molar-refractivity contribution in [2.45, 2.75) is 45.4 Å². The van der Waals surface area contributed by atoms with E-state index in [0.29, 0.717) is 6.61 Å². The first kappa shape index (κ1) is 14.4. The van der Waals surface area contributed by atoms with E-state index in [2.05, 4.69) is 36.5 Å². The highest BCUT2D eigenvalue weighted by Crippen LogP contribution is 2.33. The predicted octanol–water partition coefficient (Wildman–Crippen LogP) is 3.98. The number of fused-ring (bicyclic) bond motifs is 1. The van der Waals surface area contributed by atoms with Crippen molar-refractivity contribution in [3.05, 3.63) is 59.0 Å². The molecule has 1 heterocycles. The fraction of sp³-hybridized carbons (Fsp3) is 0.444. The van der Waals surface area contributed by atoms with E-state index in [1.807, 2.05) is 6.07 Å². The van der Waals surface area contributed by atoms with Crippen molar-refractivity contribution in [2.75, 3.05) is 6.54 Å². The first-order chi connectivity index (χ1) is 10.4.